The fourth-order valence-electron chi connectivity index (χ4n) is 4.66. The number of carbonyl (C=O) groups excluding carboxylic acids is 1. The van der Waals surface area contributed by atoms with Crippen molar-refractivity contribution in [3.05, 3.63) is 59.7 Å². The number of ketones is 1. The minimum Gasteiger partial charge on any atom is -0.496 e. The lowest BCUT2D eigenvalue weighted by molar-refractivity contribution is -0.135. The highest BCUT2D eigenvalue weighted by Gasteiger charge is 2.47. The molecule has 2 bridgehead atoms. The van der Waals surface area contributed by atoms with Crippen LogP contribution in [0.15, 0.2) is 48.5 Å². The van der Waals surface area contributed by atoms with Gasteiger partial charge in [0.2, 0.25) is 0 Å². The van der Waals surface area contributed by atoms with E-state index in [-0.39, 0.29) is 23.9 Å². The molecule has 2 aromatic rings. The maximum absolute atomic E-state index is 13.3. The van der Waals surface area contributed by atoms with Crippen LogP contribution in [0.5, 0.6) is 11.5 Å². The molecule has 4 atom stereocenters. The van der Waals surface area contributed by atoms with Gasteiger partial charge in [0, 0.05) is 35.0 Å². The van der Waals surface area contributed by atoms with E-state index in [4.69, 9.17) is 9.47 Å². The zero-order valence-electron chi connectivity index (χ0n) is 15.3. The second-order valence-electron chi connectivity index (χ2n) is 7.15. The van der Waals surface area contributed by atoms with Gasteiger partial charge in [0.15, 0.2) is 0 Å². The molecule has 1 aliphatic carbocycles. The number of carbonyl (C=O) groups is 1. The lowest BCUT2D eigenvalue weighted by Gasteiger charge is -2.45. The molecule has 0 radical (unpaired) electrons. The summed E-state index contributed by atoms with van der Waals surface area (Å²) in [4.78, 5) is 13.3. The van der Waals surface area contributed by atoms with E-state index in [0.717, 1.165) is 41.9 Å². The molecule has 4 nitrogen and oxygen atoms in total. The van der Waals surface area contributed by atoms with Gasteiger partial charge in [0.25, 0.3) is 0 Å². The van der Waals surface area contributed by atoms with Crippen LogP contribution in [0.4, 0.5) is 0 Å². The monoisotopic (exact) mass is 351 g/mol. The van der Waals surface area contributed by atoms with Gasteiger partial charge in [-0.2, -0.15) is 0 Å². The van der Waals surface area contributed by atoms with Gasteiger partial charge < -0.3 is 14.8 Å². The van der Waals surface area contributed by atoms with E-state index >= 15 is 0 Å². The fourth-order valence-corrected chi connectivity index (χ4v) is 4.66. The van der Waals surface area contributed by atoms with Crippen molar-refractivity contribution in [1.82, 2.24) is 5.32 Å². The standard InChI is InChI=1S/C22H25NO3/c1-25-18-12-5-3-8-14(18)20-16-10-7-11-17(22(16)24)21(23-20)15-9-4-6-13-19(15)26-2/h3-6,8-9,12-13,16-17,20-21,23H,7,10-11H2,1-2H3/t16-,17-,20-,21+/m1/s1. The molecule has 0 aromatic heterocycles. The molecule has 26 heavy (non-hydrogen) atoms. The molecule has 1 aliphatic heterocycles. The number of methoxy groups -OCH3 is 2. The van der Waals surface area contributed by atoms with Crippen LogP contribution < -0.4 is 14.8 Å². The van der Waals surface area contributed by atoms with E-state index in [1.165, 1.54) is 0 Å². The van der Waals surface area contributed by atoms with Crippen molar-refractivity contribution in [3.63, 3.8) is 0 Å². The summed E-state index contributed by atoms with van der Waals surface area (Å²) in [5, 5.41) is 3.79. The summed E-state index contributed by atoms with van der Waals surface area (Å²) in [6, 6.07) is 15.9. The minimum absolute atomic E-state index is 0.0102. The Hall–Kier alpha value is -2.33. The Morgan fingerprint density at radius 3 is 1.73 bits per heavy atom. The van der Waals surface area contributed by atoms with Gasteiger partial charge in [-0.25, -0.2) is 0 Å². The number of benzene rings is 2. The van der Waals surface area contributed by atoms with Crippen molar-refractivity contribution < 1.29 is 14.3 Å². The van der Waals surface area contributed by atoms with Crippen molar-refractivity contribution >= 4 is 5.78 Å². The Kier molecular flexibility index (Phi) is 4.68. The molecule has 2 aromatic carbocycles. The molecule has 1 heterocycles. The largest absolute Gasteiger partial charge is 0.496 e. The predicted octanol–water partition coefficient (Wildman–Crippen LogP) is 4.07. The molecular formula is C22H25NO3. The van der Waals surface area contributed by atoms with E-state index in [1.807, 2.05) is 36.4 Å². The summed E-state index contributed by atoms with van der Waals surface area (Å²) >= 11 is 0. The van der Waals surface area contributed by atoms with Gasteiger partial charge in [-0.05, 0) is 25.0 Å². The maximum atomic E-state index is 13.3. The number of ether oxygens (including phenoxy) is 2. The van der Waals surface area contributed by atoms with E-state index < -0.39 is 0 Å². The molecule has 136 valence electrons. The Morgan fingerprint density at radius 1 is 0.808 bits per heavy atom. The third-order valence-corrected chi connectivity index (χ3v) is 5.87. The molecule has 4 heteroatoms. The van der Waals surface area contributed by atoms with Crippen molar-refractivity contribution in [2.45, 2.75) is 31.3 Å². The van der Waals surface area contributed by atoms with Crippen molar-refractivity contribution in [2.75, 3.05) is 14.2 Å². The Labute approximate surface area is 154 Å². The summed E-state index contributed by atoms with van der Waals surface area (Å²) in [6.45, 7) is 0. The number of piperidine rings is 1. The van der Waals surface area contributed by atoms with Crippen LogP contribution in [0.25, 0.3) is 0 Å². The summed E-state index contributed by atoms with van der Waals surface area (Å²) in [5.74, 6) is 2.06. The Bertz CT molecular complexity index is 740. The van der Waals surface area contributed by atoms with E-state index in [0.29, 0.717) is 5.78 Å². The first-order chi connectivity index (χ1) is 12.7. The normalized spacial score (nSPS) is 27.8. The van der Waals surface area contributed by atoms with E-state index in [1.54, 1.807) is 14.2 Å². The highest BCUT2D eigenvalue weighted by atomic mass is 16.5. The molecule has 0 spiro atoms. The van der Waals surface area contributed by atoms with Gasteiger partial charge in [0.05, 0.1) is 14.2 Å². The first-order valence-electron chi connectivity index (χ1n) is 9.30. The quantitative estimate of drug-likeness (QED) is 0.902. The van der Waals surface area contributed by atoms with Crippen LogP contribution in [0.2, 0.25) is 0 Å². The zero-order valence-corrected chi connectivity index (χ0v) is 15.3. The fraction of sp³-hybridized carbons (Fsp3) is 0.409. The molecular weight excluding hydrogens is 326 g/mol. The maximum Gasteiger partial charge on any atom is 0.142 e. The number of nitrogens with one attached hydrogen (secondary N) is 1. The molecule has 1 saturated carbocycles. The number of hydrogen-bond donors (Lipinski definition) is 1. The molecule has 1 N–H and O–H groups in total. The second-order valence-corrected chi connectivity index (χ2v) is 7.15. The van der Waals surface area contributed by atoms with E-state index in [2.05, 4.69) is 17.4 Å². The molecule has 0 unspecified atom stereocenters. The third kappa shape index (κ3) is 2.78. The third-order valence-electron chi connectivity index (χ3n) is 5.87. The van der Waals surface area contributed by atoms with Crippen molar-refractivity contribution in [2.24, 2.45) is 11.8 Å². The SMILES string of the molecule is COc1ccccc1[C@H]1N[C@@H](c2ccccc2OC)[C@H]2CCC[C@H]1C2=O. The second kappa shape index (κ2) is 7.12. The average Bonchev–Trinajstić information content (AvgIpc) is 2.68. The Morgan fingerprint density at radius 2 is 1.27 bits per heavy atom. The number of fused-ring (bicyclic) bond motifs is 2. The van der Waals surface area contributed by atoms with Gasteiger partial charge in [0.1, 0.15) is 17.3 Å². The van der Waals surface area contributed by atoms with Gasteiger partial charge in [-0.3, -0.25) is 4.79 Å². The predicted molar refractivity (Wildman–Crippen MR) is 100 cm³/mol. The average molecular weight is 351 g/mol. The van der Waals surface area contributed by atoms with Crippen LogP contribution in [0.3, 0.4) is 0 Å². The van der Waals surface area contributed by atoms with Crippen LogP contribution in [0.1, 0.15) is 42.5 Å². The van der Waals surface area contributed by atoms with Crippen LogP contribution in [-0.4, -0.2) is 20.0 Å². The number of para-hydroxylation sites is 2. The molecule has 4 rings (SSSR count). The molecule has 2 fully saturated rings. The lowest BCUT2D eigenvalue weighted by Crippen LogP contribution is -2.50. The van der Waals surface area contributed by atoms with Gasteiger partial charge in [-0.15, -0.1) is 0 Å². The van der Waals surface area contributed by atoms with Crippen molar-refractivity contribution in [1.29, 1.82) is 0 Å². The zero-order chi connectivity index (χ0) is 18.1. The molecule has 1 saturated heterocycles. The van der Waals surface area contributed by atoms with Crippen LogP contribution >= 0.6 is 0 Å². The van der Waals surface area contributed by atoms with Crippen LogP contribution in [0, 0.1) is 11.8 Å². The summed E-state index contributed by atoms with van der Waals surface area (Å²) in [6.07, 6.45) is 2.95. The Balaban J connectivity index is 1.78. The van der Waals surface area contributed by atoms with Crippen LogP contribution in [-0.2, 0) is 4.79 Å². The van der Waals surface area contributed by atoms with Gasteiger partial charge >= 0.3 is 0 Å². The topological polar surface area (TPSA) is 47.6 Å². The van der Waals surface area contributed by atoms with Crippen molar-refractivity contribution in [3.8, 4) is 11.5 Å². The lowest BCUT2D eigenvalue weighted by atomic mass is 9.67. The number of rotatable bonds is 4. The molecule has 0 amide bonds. The highest BCUT2D eigenvalue weighted by molar-refractivity contribution is 5.87. The van der Waals surface area contributed by atoms with Gasteiger partial charge in [-0.1, -0.05) is 42.8 Å². The highest BCUT2D eigenvalue weighted by Crippen LogP contribution is 2.48. The first-order valence-corrected chi connectivity index (χ1v) is 9.30. The molecule has 2 aliphatic rings. The number of Topliss-reactive ketones (excluding diaryl/α,β-unsaturated/α-hetero) is 1. The number of hydrogen-bond acceptors (Lipinski definition) is 4. The smallest absolute Gasteiger partial charge is 0.142 e. The minimum atomic E-state index is -0.0369. The summed E-state index contributed by atoms with van der Waals surface area (Å²) in [7, 11) is 3.37. The summed E-state index contributed by atoms with van der Waals surface area (Å²) in [5.41, 5.74) is 2.13. The first kappa shape index (κ1) is 17.1. The van der Waals surface area contributed by atoms with E-state index in [9.17, 15) is 4.79 Å². The summed E-state index contributed by atoms with van der Waals surface area (Å²) < 4.78 is 11.2.